The minimum Gasteiger partial charge on any atom is -0.336 e. The Morgan fingerprint density at radius 3 is 2.89 bits per heavy atom. The summed E-state index contributed by atoms with van der Waals surface area (Å²) in [5.41, 5.74) is 0.321. The third kappa shape index (κ3) is 1.51. The fraction of sp³-hybridized carbons (Fsp3) is 0.308. The second-order valence-electron chi connectivity index (χ2n) is 4.84. The molecule has 3 heterocycles. The Hall–Kier alpha value is -2.17. The van der Waals surface area contributed by atoms with E-state index in [0.717, 1.165) is 5.70 Å². The van der Waals surface area contributed by atoms with Gasteiger partial charge in [-0.1, -0.05) is 12.6 Å². The summed E-state index contributed by atoms with van der Waals surface area (Å²) >= 11 is 0. The molecule has 3 aliphatic rings. The Labute approximate surface area is 104 Å². The number of piperidine rings is 2. The Bertz CT molecular complexity index is 532. The number of hydrogen-bond donors (Lipinski definition) is 2. The summed E-state index contributed by atoms with van der Waals surface area (Å²) in [5.74, 6) is -0.192. The number of allylic oxidation sites excluding steroid dienone is 1. The first-order valence-corrected chi connectivity index (χ1v) is 5.84. The molecule has 0 unspecified atom stereocenters. The highest BCUT2D eigenvalue weighted by Crippen LogP contribution is 2.45. The minimum absolute atomic E-state index is 0.167. The summed E-state index contributed by atoms with van der Waals surface area (Å²) in [6.07, 6.45) is 2.82. The molecule has 2 aliphatic heterocycles. The highest BCUT2D eigenvalue weighted by Gasteiger charge is 2.56. The zero-order chi connectivity index (χ0) is 12.8. The van der Waals surface area contributed by atoms with Crippen LogP contribution in [-0.2, 0) is 4.79 Å². The molecular formula is C13H13N3O2. The number of nitrogens with one attached hydrogen (secondary N) is 2. The van der Waals surface area contributed by atoms with Gasteiger partial charge in [-0.2, -0.15) is 0 Å². The highest BCUT2D eigenvalue weighted by molar-refractivity contribution is 6.00. The van der Waals surface area contributed by atoms with Gasteiger partial charge in [0.2, 0.25) is 5.91 Å². The van der Waals surface area contributed by atoms with Crippen molar-refractivity contribution in [3.63, 3.8) is 0 Å². The lowest BCUT2D eigenvalue weighted by molar-refractivity contribution is -0.135. The summed E-state index contributed by atoms with van der Waals surface area (Å²) in [5, 5.41) is 5.50. The van der Waals surface area contributed by atoms with E-state index in [1.165, 1.54) is 0 Å². The van der Waals surface area contributed by atoms with Gasteiger partial charge < -0.3 is 10.6 Å². The topological polar surface area (TPSA) is 71.1 Å². The normalized spacial score (nSPS) is 29.2. The standard InChI is InChI=1S/C13H13N3O2/c1-8-9-6-13(7-9,12(18)15-8)16-11(17)10-4-2-3-5-14-10/h2-5,9H,1,6-7H2,(H,15,18)(H,16,17). The van der Waals surface area contributed by atoms with E-state index in [0.29, 0.717) is 18.5 Å². The molecule has 5 heteroatoms. The van der Waals surface area contributed by atoms with E-state index in [-0.39, 0.29) is 17.7 Å². The maximum absolute atomic E-state index is 12.0. The van der Waals surface area contributed by atoms with Gasteiger partial charge in [0.05, 0.1) is 0 Å². The molecule has 0 atom stereocenters. The molecule has 0 aromatic carbocycles. The number of carbonyl (C=O) groups excluding carboxylic acids is 2. The molecule has 3 fully saturated rings. The van der Waals surface area contributed by atoms with Crippen molar-refractivity contribution < 1.29 is 9.59 Å². The number of fused-ring (bicyclic) bond motifs is 2. The number of amides is 2. The van der Waals surface area contributed by atoms with Crippen molar-refractivity contribution in [1.29, 1.82) is 0 Å². The van der Waals surface area contributed by atoms with Gasteiger partial charge >= 0.3 is 0 Å². The zero-order valence-corrected chi connectivity index (χ0v) is 9.77. The number of aromatic nitrogens is 1. The lowest BCUT2D eigenvalue weighted by atomic mass is 9.63. The maximum atomic E-state index is 12.0. The quantitative estimate of drug-likeness (QED) is 0.799. The lowest BCUT2D eigenvalue weighted by Gasteiger charge is -2.51. The van der Waals surface area contributed by atoms with Crippen molar-refractivity contribution in [2.45, 2.75) is 18.4 Å². The molecule has 2 amide bonds. The minimum atomic E-state index is -0.763. The number of rotatable bonds is 2. The van der Waals surface area contributed by atoms with E-state index >= 15 is 0 Å². The predicted octanol–water partition coefficient (Wildman–Crippen LogP) is 0.604. The van der Waals surface area contributed by atoms with E-state index in [1.54, 1.807) is 24.4 Å². The van der Waals surface area contributed by atoms with Crippen LogP contribution in [-0.4, -0.2) is 22.3 Å². The first-order valence-electron chi connectivity index (χ1n) is 5.84. The number of carbonyl (C=O) groups is 2. The average molecular weight is 243 g/mol. The average Bonchev–Trinajstić information content (AvgIpc) is 2.32. The van der Waals surface area contributed by atoms with Crippen LogP contribution in [0.1, 0.15) is 23.3 Å². The van der Waals surface area contributed by atoms with Gasteiger partial charge in [-0.3, -0.25) is 14.6 Å². The van der Waals surface area contributed by atoms with Crippen molar-refractivity contribution in [3.05, 3.63) is 42.4 Å². The predicted molar refractivity (Wildman–Crippen MR) is 64.4 cm³/mol. The summed E-state index contributed by atoms with van der Waals surface area (Å²) < 4.78 is 0. The molecule has 18 heavy (non-hydrogen) atoms. The van der Waals surface area contributed by atoms with Crippen molar-refractivity contribution in [2.24, 2.45) is 5.92 Å². The van der Waals surface area contributed by atoms with Gasteiger partial charge in [-0.05, 0) is 25.0 Å². The number of nitrogens with zero attached hydrogens (tertiary/aromatic N) is 1. The molecule has 1 saturated carbocycles. The van der Waals surface area contributed by atoms with Crippen LogP contribution in [0.5, 0.6) is 0 Å². The Balaban J connectivity index is 1.77. The smallest absolute Gasteiger partial charge is 0.270 e. The maximum Gasteiger partial charge on any atom is 0.270 e. The third-order valence-electron chi connectivity index (χ3n) is 3.64. The number of pyridine rings is 1. The van der Waals surface area contributed by atoms with Crippen LogP contribution in [0.25, 0.3) is 0 Å². The Morgan fingerprint density at radius 1 is 1.50 bits per heavy atom. The van der Waals surface area contributed by atoms with Crippen LogP contribution in [0.3, 0.4) is 0 Å². The van der Waals surface area contributed by atoms with Gasteiger partial charge in [0.1, 0.15) is 11.2 Å². The van der Waals surface area contributed by atoms with Crippen molar-refractivity contribution in [1.82, 2.24) is 15.6 Å². The van der Waals surface area contributed by atoms with Crippen LogP contribution in [0.4, 0.5) is 0 Å². The third-order valence-corrected chi connectivity index (χ3v) is 3.64. The van der Waals surface area contributed by atoms with Crippen molar-refractivity contribution in [3.8, 4) is 0 Å². The molecule has 2 saturated heterocycles. The van der Waals surface area contributed by atoms with Crippen LogP contribution >= 0.6 is 0 Å². The monoisotopic (exact) mass is 243 g/mol. The molecule has 4 rings (SSSR count). The van der Waals surface area contributed by atoms with Crippen LogP contribution < -0.4 is 10.6 Å². The van der Waals surface area contributed by atoms with E-state index in [2.05, 4.69) is 22.2 Å². The van der Waals surface area contributed by atoms with Crippen LogP contribution in [0, 0.1) is 5.92 Å². The second-order valence-corrected chi connectivity index (χ2v) is 4.84. The molecule has 1 aliphatic carbocycles. The summed E-state index contributed by atoms with van der Waals surface area (Å²) in [7, 11) is 0. The lowest BCUT2D eigenvalue weighted by Crippen LogP contribution is -2.70. The first-order chi connectivity index (χ1) is 8.61. The fourth-order valence-electron chi connectivity index (χ4n) is 2.52. The first kappa shape index (κ1) is 11.0. The van der Waals surface area contributed by atoms with Crippen molar-refractivity contribution in [2.75, 3.05) is 0 Å². The van der Waals surface area contributed by atoms with Gasteiger partial charge in [-0.15, -0.1) is 0 Å². The van der Waals surface area contributed by atoms with Crippen molar-refractivity contribution >= 4 is 11.8 Å². The molecule has 92 valence electrons. The van der Waals surface area contributed by atoms with Gasteiger partial charge in [0.25, 0.3) is 5.91 Å². The summed E-state index contributed by atoms with van der Waals surface area (Å²) in [6, 6.07) is 5.11. The second kappa shape index (κ2) is 3.66. The molecule has 5 nitrogen and oxygen atoms in total. The van der Waals surface area contributed by atoms with Crippen LogP contribution in [0.2, 0.25) is 0 Å². The van der Waals surface area contributed by atoms with E-state index in [4.69, 9.17) is 0 Å². The van der Waals surface area contributed by atoms with E-state index in [1.807, 2.05) is 0 Å². The fourth-order valence-corrected chi connectivity index (χ4v) is 2.52. The van der Waals surface area contributed by atoms with E-state index < -0.39 is 5.54 Å². The largest absolute Gasteiger partial charge is 0.336 e. The van der Waals surface area contributed by atoms with Crippen LogP contribution in [0.15, 0.2) is 36.7 Å². The Morgan fingerprint density at radius 2 is 2.28 bits per heavy atom. The molecule has 0 spiro atoms. The highest BCUT2D eigenvalue weighted by atomic mass is 16.2. The summed E-state index contributed by atoms with van der Waals surface area (Å²) in [6.45, 7) is 3.79. The van der Waals surface area contributed by atoms with E-state index in [9.17, 15) is 9.59 Å². The molecule has 2 N–H and O–H groups in total. The molecule has 1 aromatic heterocycles. The SMILES string of the molecule is C=C1NC(=O)C2(NC(=O)c3ccccn3)CC1C2. The van der Waals surface area contributed by atoms with Gasteiger partial charge in [-0.25, -0.2) is 0 Å². The summed E-state index contributed by atoms with van der Waals surface area (Å²) in [4.78, 5) is 27.9. The zero-order valence-electron chi connectivity index (χ0n) is 9.77. The van der Waals surface area contributed by atoms with Gasteiger partial charge in [0, 0.05) is 17.8 Å². The Kier molecular flexibility index (Phi) is 2.23. The number of hydrogen-bond acceptors (Lipinski definition) is 3. The molecule has 1 aromatic rings. The molecular weight excluding hydrogens is 230 g/mol. The molecule has 0 radical (unpaired) electrons. The van der Waals surface area contributed by atoms with Gasteiger partial charge in [0.15, 0.2) is 0 Å². The molecule has 2 bridgehead atoms.